The molecule has 1 aliphatic carbocycles. The van der Waals surface area contributed by atoms with Crippen molar-refractivity contribution in [2.45, 2.75) is 19.0 Å². The number of alkyl halides is 3. The van der Waals surface area contributed by atoms with E-state index in [0.29, 0.717) is 0 Å². The zero-order valence-electron chi connectivity index (χ0n) is 9.55. The van der Waals surface area contributed by atoms with Crippen LogP contribution in [-0.2, 0) is 11.2 Å². The van der Waals surface area contributed by atoms with Gasteiger partial charge in [0.15, 0.2) is 0 Å². The van der Waals surface area contributed by atoms with Gasteiger partial charge in [-0.1, -0.05) is 30.3 Å². The molecule has 0 bridgehead atoms. The lowest BCUT2D eigenvalue weighted by Gasteiger charge is -2.06. The van der Waals surface area contributed by atoms with E-state index in [0.717, 1.165) is 24.0 Å². The first kappa shape index (κ1) is 12.7. The second-order valence-electron chi connectivity index (χ2n) is 4.09. The molecular weight excluding hydrogens is 243 g/mol. The molecule has 1 aromatic carbocycles. The van der Waals surface area contributed by atoms with Crippen molar-refractivity contribution in [1.29, 1.82) is 0 Å². The molecule has 0 aliphatic heterocycles. The number of benzene rings is 1. The maximum absolute atomic E-state index is 12.0. The van der Waals surface area contributed by atoms with Crippen LogP contribution in [0.15, 0.2) is 30.3 Å². The van der Waals surface area contributed by atoms with Crippen LogP contribution in [0.3, 0.4) is 0 Å². The van der Waals surface area contributed by atoms with Crippen molar-refractivity contribution in [2.75, 3.05) is 6.54 Å². The van der Waals surface area contributed by atoms with E-state index in [1.807, 2.05) is 29.6 Å². The molecule has 0 aromatic heterocycles. The SMILES string of the molecule is O=C(NCC=C1CCc2ccccc21)C(F)(F)F. The summed E-state index contributed by atoms with van der Waals surface area (Å²) in [6.45, 7) is -0.0952. The van der Waals surface area contributed by atoms with Gasteiger partial charge in [0.1, 0.15) is 0 Å². The van der Waals surface area contributed by atoms with Gasteiger partial charge in [-0.3, -0.25) is 4.79 Å². The van der Waals surface area contributed by atoms with E-state index in [1.165, 1.54) is 5.56 Å². The standard InChI is InChI=1S/C13H12F3NO/c14-13(15,16)12(18)17-8-7-10-6-5-9-3-1-2-4-11(9)10/h1-4,7H,5-6,8H2,(H,17,18). The van der Waals surface area contributed by atoms with E-state index < -0.39 is 12.1 Å². The summed E-state index contributed by atoms with van der Waals surface area (Å²) in [4.78, 5) is 10.6. The number of carbonyl (C=O) groups excluding carboxylic acids is 1. The second-order valence-corrected chi connectivity index (χ2v) is 4.09. The first-order valence-electron chi connectivity index (χ1n) is 5.61. The van der Waals surface area contributed by atoms with Crippen LogP contribution in [0.25, 0.3) is 5.57 Å². The van der Waals surface area contributed by atoms with Crippen molar-refractivity contribution in [1.82, 2.24) is 5.32 Å². The molecule has 2 rings (SSSR count). The number of nitrogens with one attached hydrogen (secondary N) is 1. The van der Waals surface area contributed by atoms with Gasteiger partial charge in [0, 0.05) is 6.54 Å². The van der Waals surface area contributed by atoms with E-state index >= 15 is 0 Å². The summed E-state index contributed by atoms with van der Waals surface area (Å²) in [6, 6.07) is 7.78. The first-order valence-corrected chi connectivity index (χ1v) is 5.61. The van der Waals surface area contributed by atoms with Crippen LogP contribution in [-0.4, -0.2) is 18.6 Å². The molecule has 0 fully saturated rings. The average Bonchev–Trinajstić information content (AvgIpc) is 2.71. The van der Waals surface area contributed by atoms with Crippen molar-refractivity contribution in [2.24, 2.45) is 0 Å². The third-order valence-electron chi connectivity index (χ3n) is 2.90. The predicted octanol–water partition coefficient (Wildman–Crippen LogP) is 2.69. The molecule has 0 saturated carbocycles. The van der Waals surface area contributed by atoms with Crippen LogP contribution < -0.4 is 5.32 Å². The number of fused-ring (bicyclic) bond motifs is 1. The maximum Gasteiger partial charge on any atom is 0.471 e. The third-order valence-corrected chi connectivity index (χ3v) is 2.90. The number of hydrogen-bond acceptors (Lipinski definition) is 1. The summed E-state index contributed by atoms with van der Waals surface area (Å²) in [6.07, 6.45) is -1.46. The molecular formula is C13H12F3NO. The van der Waals surface area contributed by atoms with Gasteiger partial charge in [-0.2, -0.15) is 13.2 Å². The maximum atomic E-state index is 12.0. The highest BCUT2D eigenvalue weighted by atomic mass is 19.4. The summed E-state index contributed by atoms with van der Waals surface area (Å²) in [5.74, 6) is -1.90. The lowest BCUT2D eigenvalue weighted by atomic mass is 10.1. The number of amides is 1. The number of allylic oxidation sites excluding steroid dienone is 1. The fraction of sp³-hybridized carbons (Fsp3) is 0.308. The van der Waals surface area contributed by atoms with Gasteiger partial charge < -0.3 is 5.32 Å². The molecule has 0 radical (unpaired) electrons. The molecule has 18 heavy (non-hydrogen) atoms. The Bertz CT molecular complexity index is 491. The van der Waals surface area contributed by atoms with E-state index in [9.17, 15) is 18.0 Å². The molecule has 0 unspecified atom stereocenters. The Hall–Kier alpha value is -1.78. The highest BCUT2D eigenvalue weighted by molar-refractivity contribution is 5.82. The molecule has 0 atom stereocenters. The van der Waals surface area contributed by atoms with Gasteiger partial charge in [-0.05, 0) is 29.5 Å². The largest absolute Gasteiger partial charge is 0.471 e. The molecule has 96 valence electrons. The van der Waals surface area contributed by atoms with E-state index in [1.54, 1.807) is 6.08 Å². The summed E-state index contributed by atoms with van der Waals surface area (Å²) >= 11 is 0. The molecule has 0 heterocycles. The normalized spacial score (nSPS) is 16.7. The minimum atomic E-state index is -4.81. The van der Waals surface area contributed by atoms with Crippen LogP contribution in [0, 0.1) is 0 Å². The van der Waals surface area contributed by atoms with Crippen LogP contribution >= 0.6 is 0 Å². The fourth-order valence-corrected chi connectivity index (χ4v) is 2.03. The van der Waals surface area contributed by atoms with Crippen LogP contribution in [0.2, 0.25) is 0 Å². The smallest absolute Gasteiger partial charge is 0.345 e. The molecule has 2 nitrogen and oxygen atoms in total. The van der Waals surface area contributed by atoms with Gasteiger partial charge in [0.2, 0.25) is 0 Å². The van der Waals surface area contributed by atoms with Gasteiger partial charge in [0.25, 0.3) is 0 Å². The summed E-state index contributed by atoms with van der Waals surface area (Å²) in [5.41, 5.74) is 3.26. The Morgan fingerprint density at radius 3 is 2.72 bits per heavy atom. The lowest BCUT2D eigenvalue weighted by molar-refractivity contribution is -0.173. The van der Waals surface area contributed by atoms with Crippen molar-refractivity contribution in [3.05, 3.63) is 41.5 Å². The van der Waals surface area contributed by atoms with Crippen LogP contribution in [0.4, 0.5) is 13.2 Å². The zero-order valence-corrected chi connectivity index (χ0v) is 9.55. The van der Waals surface area contributed by atoms with Gasteiger partial charge >= 0.3 is 12.1 Å². The molecule has 5 heteroatoms. The molecule has 0 saturated heterocycles. The fourth-order valence-electron chi connectivity index (χ4n) is 2.03. The van der Waals surface area contributed by atoms with Crippen molar-refractivity contribution in [3.8, 4) is 0 Å². The predicted molar refractivity (Wildman–Crippen MR) is 61.8 cm³/mol. The minimum absolute atomic E-state index is 0.0952. The Kier molecular flexibility index (Phi) is 3.41. The second kappa shape index (κ2) is 4.84. The highest BCUT2D eigenvalue weighted by Gasteiger charge is 2.38. The Labute approximate surface area is 102 Å². The Morgan fingerprint density at radius 2 is 2.00 bits per heavy atom. The number of carbonyl (C=O) groups is 1. The Balaban J connectivity index is 1.99. The third kappa shape index (κ3) is 2.72. The highest BCUT2D eigenvalue weighted by Crippen LogP contribution is 2.31. The molecule has 0 spiro atoms. The summed E-state index contributed by atoms with van der Waals surface area (Å²) in [5, 5.41) is 1.84. The summed E-state index contributed by atoms with van der Waals surface area (Å²) < 4.78 is 35.9. The van der Waals surface area contributed by atoms with E-state index in [4.69, 9.17) is 0 Å². The first-order chi connectivity index (χ1) is 8.48. The monoisotopic (exact) mass is 255 g/mol. The molecule has 1 aliphatic rings. The number of halogens is 3. The molecule has 1 amide bonds. The molecule has 1 aromatic rings. The van der Waals surface area contributed by atoms with Gasteiger partial charge in [-0.25, -0.2) is 0 Å². The number of rotatable bonds is 2. The van der Waals surface area contributed by atoms with Gasteiger partial charge in [0.05, 0.1) is 0 Å². The quantitative estimate of drug-likeness (QED) is 0.865. The van der Waals surface area contributed by atoms with Crippen molar-refractivity contribution >= 4 is 11.5 Å². The minimum Gasteiger partial charge on any atom is -0.345 e. The number of aryl methyl sites for hydroxylation is 1. The van der Waals surface area contributed by atoms with Crippen molar-refractivity contribution in [3.63, 3.8) is 0 Å². The van der Waals surface area contributed by atoms with E-state index in [2.05, 4.69) is 0 Å². The van der Waals surface area contributed by atoms with Gasteiger partial charge in [-0.15, -0.1) is 0 Å². The topological polar surface area (TPSA) is 29.1 Å². The van der Waals surface area contributed by atoms with Crippen LogP contribution in [0.5, 0.6) is 0 Å². The number of hydrogen-bond donors (Lipinski definition) is 1. The molecule has 1 N–H and O–H groups in total. The average molecular weight is 255 g/mol. The zero-order chi connectivity index (χ0) is 13.2. The Morgan fingerprint density at radius 1 is 1.28 bits per heavy atom. The lowest BCUT2D eigenvalue weighted by Crippen LogP contribution is -2.36. The van der Waals surface area contributed by atoms with E-state index in [-0.39, 0.29) is 6.54 Å². The van der Waals surface area contributed by atoms with Crippen LogP contribution in [0.1, 0.15) is 17.5 Å². The summed E-state index contributed by atoms with van der Waals surface area (Å²) in [7, 11) is 0. The van der Waals surface area contributed by atoms with Crippen molar-refractivity contribution < 1.29 is 18.0 Å².